The molecule has 0 fully saturated rings. The van der Waals surface area contributed by atoms with Gasteiger partial charge in [0, 0.05) is 59.1 Å². The number of esters is 3. The lowest BCUT2D eigenvalue weighted by Crippen LogP contribution is -2.58. The molecule has 2 aliphatic heterocycles. The summed E-state index contributed by atoms with van der Waals surface area (Å²) in [6.07, 6.45) is 1.00. The molecule has 3 aromatic carbocycles. The highest BCUT2D eigenvalue weighted by atomic mass is 19.1. The number of nitrogens with one attached hydrogen (secondary N) is 5. The summed E-state index contributed by atoms with van der Waals surface area (Å²) in [4.78, 5) is 113. The first kappa shape index (κ1) is 47.6. The number of nitrogens with zero attached hydrogens (tertiary/aromatic N) is 1. The highest BCUT2D eigenvalue weighted by molar-refractivity contribution is 6.02. The van der Waals surface area contributed by atoms with Crippen LogP contribution in [0.15, 0.2) is 67.1 Å². The number of halogens is 1. The molecule has 1 aromatic heterocycles. The summed E-state index contributed by atoms with van der Waals surface area (Å²) >= 11 is 0. The van der Waals surface area contributed by atoms with Crippen LogP contribution in [0.2, 0.25) is 0 Å². The Labute approximate surface area is 375 Å². The Kier molecular flexibility index (Phi) is 14.7. The molecule has 20 nitrogen and oxygen atoms in total. The van der Waals surface area contributed by atoms with Crippen molar-refractivity contribution in [1.82, 2.24) is 31.2 Å². The fourth-order valence-electron chi connectivity index (χ4n) is 7.65. The van der Waals surface area contributed by atoms with Gasteiger partial charge in [0.1, 0.15) is 53.8 Å². The number of phenols is 2. The van der Waals surface area contributed by atoms with Gasteiger partial charge in [0.05, 0.1) is 32.5 Å². The van der Waals surface area contributed by atoms with E-state index in [1.807, 2.05) is 0 Å². The second-order valence-electron chi connectivity index (χ2n) is 15.9. The second kappa shape index (κ2) is 20.3. The number of fused-ring (bicyclic) bond motifs is 6. The molecule has 0 saturated carbocycles. The molecule has 3 heterocycles. The lowest BCUT2D eigenvalue weighted by Gasteiger charge is -2.36. The van der Waals surface area contributed by atoms with E-state index < -0.39 is 90.2 Å². The van der Waals surface area contributed by atoms with Crippen LogP contribution in [-0.4, -0.2) is 113 Å². The van der Waals surface area contributed by atoms with E-state index in [-0.39, 0.29) is 71.3 Å². The van der Waals surface area contributed by atoms with Crippen molar-refractivity contribution >= 4 is 47.3 Å². The lowest BCUT2D eigenvalue weighted by atomic mass is 9.77. The molecule has 66 heavy (non-hydrogen) atoms. The first-order chi connectivity index (χ1) is 31.5. The molecular formula is C45H47FN6O14. The summed E-state index contributed by atoms with van der Waals surface area (Å²) in [5.74, 6) is -7.43. The molecule has 4 amide bonds. The van der Waals surface area contributed by atoms with Crippen LogP contribution in [0.3, 0.4) is 0 Å². The van der Waals surface area contributed by atoms with Crippen molar-refractivity contribution in [3.63, 3.8) is 0 Å². The molecule has 1 spiro atoms. The number of aromatic hydroxyl groups is 2. The number of imidazole rings is 1. The molecular weight excluding hydrogens is 868 g/mol. The van der Waals surface area contributed by atoms with Gasteiger partial charge in [-0.3, -0.25) is 33.6 Å². The van der Waals surface area contributed by atoms with Gasteiger partial charge in [-0.1, -0.05) is 13.8 Å². The summed E-state index contributed by atoms with van der Waals surface area (Å²) in [6, 6.07) is 6.56. The lowest BCUT2D eigenvalue weighted by molar-refractivity contribution is -0.144. The zero-order chi connectivity index (χ0) is 47.9. The van der Waals surface area contributed by atoms with Crippen molar-refractivity contribution in [2.24, 2.45) is 5.92 Å². The molecule has 4 atom stereocenters. The number of phenolic OH excluding ortho intramolecular Hbond substituents is 2. The molecule has 0 radical (unpaired) electrons. The number of aromatic nitrogens is 2. The van der Waals surface area contributed by atoms with Crippen LogP contribution in [0.5, 0.6) is 23.0 Å². The number of Topliss-reactive ketones (excluding diaryl/α,β-unsaturated/α-hetero) is 1. The van der Waals surface area contributed by atoms with Crippen molar-refractivity contribution in [2.45, 2.75) is 75.7 Å². The van der Waals surface area contributed by atoms with E-state index >= 15 is 0 Å². The highest BCUT2D eigenvalue weighted by Crippen LogP contribution is 2.57. The van der Waals surface area contributed by atoms with Gasteiger partial charge in [-0.25, -0.2) is 14.2 Å². The van der Waals surface area contributed by atoms with Gasteiger partial charge in [-0.2, -0.15) is 0 Å². The van der Waals surface area contributed by atoms with E-state index in [4.69, 9.17) is 14.2 Å². The highest BCUT2D eigenvalue weighted by Gasteiger charge is 2.54. The minimum Gasteiger partial charge on any atom is -0.508 e. The molecule has 2 aliphatic rings. The van der Waals surface area contributed by atoms with Gasteiger partial charge in [-0.15, -0.1) is 0 Å². The van der Waals surface area contributed by atoms with Crippen LogP contribution >= 0.6 is 0 Å². The summed E-state index contributed by atoms with van der Waals surface area (Å²) in [7, 11) is 2.16. The summed E-state index contributed by atoms with van der Waals surface area (Å²) in [6.45, 7) is 2.05. The predicted octanol–water partition coefficient (Wildman–Crippen LogP) is 2.29. The largest absolute Gasteiger partial charge is 0.508 e. The van der Waals surface area contributed by atoms with Crippen LogP contribution in [0.4, 0.5) is 4.39 Å². The Morgan fingerprint density at radius 1 is 0.773 bits per heavy atom. The first-order valence-electron chi connectivity index (χ1n) is 20.6. The number of hydrogen-bond donors (Lipinski definition) is 7. The van der Waals surface area contributed by atoms with Gasteiger partial charge < -0.3 is 55.4 Å². The molecule has 4 aromatic rings. The van der Waals surface area contributed by atoms with Crippen molar-refractivity contribution in [3.8, 4) is 23.0 Å². The summed E-state index contributed by atoms with van der Waals surface area (Å²) in [5, 5.41) is 30.7. The molecule has 0 aliphatic carbocycles. The van der Waals surface area contributed by atoms with Gasteiger partial charge in [-0.05, 0) is 61.2 Å². The van der Waals surface area contributed by atoms with Crippen LogP contribution in [-0.2, 0) is 55.0 Å². The van der Waals surface area contributed by atoms with Gasteiger partial charge in [0.25, 0.3) is 5.91 Å². The van der Waals surface area contributed by atoms with Crippen LogP contribution in [0.1, 0.15) is 82.6 Å². The van der Waals surface area contributed by atoms with E-state index in [0.717, 1.165) is 14.2 Å². The van der Waals surface area contributed by atoms with Crippen molar-refractivity contribution in [3.05, 3.63) is 101 Å². The number of ether oxygens (including phenoxy) is 4. The van der Waals surface area contributed by atoms with E-state index in [9.17, 15) is 53.0 Å². The molecule has 348 valence electrons. The van der Waals surface area contributed by atoms with E-state index in [1.165, 1.54) is 67.1 Å². The normalized spacial score (nSPS) is 14.7. The number of rotatable bonds is 19. The smallest absolute Gasteiger partial charge is 0.340 e. The molecule has 0 saturated heterocycles. The Balaban J connectivity index is 1.27. The number of aromatic amines is 1. The molecule has 7 N–H and O–H groups in total. The summed E-state index contributed by atoms with van der Waals surface area (Å²) < 4.78 is 34.9. The van der Waals surface area contributed by atoms with Gasteiger partial charge in [0.2, 0.25) is 17.7 Å². The Morgan fingerprint density at radius 3 is 1.97 bits per heavy atom. The third-order valence-electron chi connectivity index (χ3n) is 10.9. The number of hydrogen-bond acceptors (Lipinski definition) is 15. The van der Waals surface area contributed by atoms with Crippen LogP contribution < -0.4 is 26.0 Å². The van der Waals surface area contributed by atoms with E-state index in [1.54, 1.807) is 13.8 Å². The average molecular weight is 915 g/mol. The molecule has 21 heteroatoms. The number of carbonyl (C=O) groups is 8. The number of amides is 4. The number of ketones is 1. The number of H-pyrrole nitrogens is 1. The third-order valence-corrected chi connectivity index (χ3v) is 10.9. The van der Waals surface area contributed by atoms with Crippen molar-refractivity contribution in [2.75, 3.05) is 20.9 Å². The molecule has 0 bridgehead atoms. The quantitative estimate of drug-likeness (QED) is 0.0525. The Hall–Kier alpha value is -7.84. The van der Waals surface area contributed by atoms with Gasteiger partial charge >= 0.3 is 17.9 Å². The molecule has 1 unspecified atom stereocenters. The van der Waals surface area contributed by atoms with Crippen molar-refractivity contribution in [1.29, 1.82) is 0 Å². The van der Waals surface area contributed by atoms with E-state index in [2.05, 4.69) is 36.0 Å². The van der Waals surface area contributed by atoms with Crippen molar-refractivity contribution < 1.29 is 71.9 Å². The number of benzene rings is 3. The maximum Gasteiger partial charge on any atom is 0.340 e. The third kappa shape index (κ3) is 10.4. The SMILES string of the molecule is COC(=O)CC[C@H](NC(=O)[C@H](CC(C)C)NC(=O)c1ccc2c(c1)C1(OC2=O)c2ccc(O)cc2Oc2cc(O)ccc21)C(=O)N[C@@H](Cc1cnc[nH]1)C(=O)NC(CC(=O)OC)C(=O)CF. The monoisotopic (exact) mass is 914 g/mol. The Bertz CT molecular complexity index is 2500. The fraction of sp³-hybridized carbons (Fsp3) is 0.356. The summed E-state index contributed by atoms with van der Waals surface area (Å²) in [5.41, 5.74) is -0.404. The second-order valence-corrected chi connectivity index (χ2v) is 15.9. The number of alkyl halides is 1. The fourth-order valence-corrected chi connectivity index (χ4v) is 7.65. The number of carbonyl (C=O) groups excluding carboxylic acids is 8. The zero-order valence-electron chi connectivity index (χ0n) is 36.1. The molecule has 6 rings (SSSR count). The number of methoxy groups -OCH3 is 2. The average Bonchev–Trinajstić information content (AvgIpc) is 3.91. The topological polar surface area (TPSA) is 291 Å². The maximum absolute atomic E-state index is 14.2. The minimum absolute atomic E-state index is 0.00970. The van der Waals surface area contributed by atoms with Crippen LogP contribution in [0, 0.1) is 5.92 Å². The Morgan fingerprint density at radius 2 is 1.38 bits per heavy atom. The predicted molar refractivity (Wildman–Crippen MR) is 226 cm³/mol. The minimum atomic E-state index is -1.70. The van der Waals surface area contributed by atoms with Crippen LogP contribution in [0.25, 0.3) is 0 Å². The zero-order valence-corrected chi connectivity index (χ0v) is 36.1. The standard InChI is InChI=1S/C45H47FN6O14/c1-22(2)13-33(51-40(58)23-5-8-27-30(14-23)45(66-44(27)62)28-9-6-25(53)16-36(28)65-37-17-26(54)7-10-29(37)45)42(60)49-31(11-12-38(56)63-3)41(59)52-34(15-24-20-47-21-48-24)43(61)50-32(35(55)19-46)18-39(57)64-4/h5-10,14,16-17,20-22,31-34,53-54H,11-13,15,18-19H2,1-4H3,(H,47,48)(H,49,60)(H,50,61)(H,51,58)(H,52,59)/t31-,32?,33-,34-/m0/s1. The van der Waals surface area contributed by atoms with E-state index in [0.29, 0.717) is 16.8 Å². The maximum atomic E-state index is 14.2. The van der Waals surface area contributed by atoms with Gasteiger partial charge in [0.15, 0.2) is 11.4 Å². The first-order valence-corrected chi connectivity index (χ1v) is 20.6.